The zero-order chi connectivity index (χ0) is 11.4. The molecule has 0 unspecified atom stereocenters. The first-order valence-corrected chi connectivity index (χ1v) is 5.90. The topological polar surface area (TPSA) is 26.3 Å². The average molecular weight is 289 g/mol. The van der Waals surface area contributed by atoms with Gasteiger partial charge in [0.1, 0.15) is 0 Å². The van der Waals surface area contributed by atoms with E-state index in [1.54, 1.807) is 12.1 Å². The van der Waals surface area contributed by atoms with E-state index < -0.39 is 0 Å². The minimum atomic E-state index is -0.313. The Kier molecular flexibility index (Phi) is 4.67. The molecule has 0 N–H and O–H groups in total. The van der Waals surface area contributed by atoms with Crippen molar-refractivity contribution < 1.29 is 9.53 Å². The maximum absolute atomic E-state index is 11.6. The van der Waals surface area contributed by atoms with Crippen molar-refractivity contribution in [1.29, 1.82) is 0 Å². The molecule has 0 aliphatic rings. The third-order valence-corrected chi connectivity index (χ3v) is 2.69. The highest BCUT2D eigenvalue weighted by atomic mass is 79.9. The molecule has 0 saturated carbocycles. The van der Waals surface area contributed by atoms with E-state index in [0.29, 0.717) is 18.1 Å². The summed E-state index contributed by atoms with van der Waals surface area (Å²) in [6.07, 6.45) is 0. The van der Waals surface area contributed by atoms with Gasteiger partial charge in [0.15, 0.2) is 0 Å². The molecule has 0 aliphatic carbocycles. The van der Waals surface area contributed by atoms with Crippen LogP contribution >= 0.6 is 28.6 Å². The molecule has 1 rings (SSSR count). The fourth-order valence-corrected chi connectivity index (χ4v) is 1.60. The SMILES string of the molecule is CC(C)COC(=O)c1cc(S)ccc1Br. The van der Waals surface area contributed by atoms with Crippen molar-refractivity contribution in [3.63, 3.8) is 0 Å². The van der Waals surface area contributed by atoms with Crippen LogP contribution in [0.1, 0.15) is 24.2 Å². The van der Waals surface area contributed by atoms with Gasteiger partial charge in [-0.2, -0.15) is 0 Å². The lowest BCUT2D eigenvalue weighted by Crippen LogP contribution is -2.10. The number of ether oxygens (including phenoxy) is 1. The average Bonchev–Trinajstić information content (AvgIpc) is 2.18. The first kappa shape index (κ1) is 12.6. The predicted octanol–water partition coefficient (Wildman–Crippen LogP) is 3.55. The van der Waals surface area contributed by atoms with Crippen molar-refractivity contribution in [2.45, 2.75) is 18.7 Å². The van der Waals surface area contributed by atoms with Crippen molar-refractivity contribution in [3.05, 3.63) is 28.2 Å². The van der Waals surface area contributed by atoms with Crippen LogP contribution in [0.4, 0.5) is 0 Å². The molecule has 0 aromatic heterocycles. The summed E-state index contributed by atoms with van der Waals surface area (Å²) >= 11 is 7.48. The smallest absolute Gasteiger partial charge is 0.339 e. The van der Waals surface area contributed by atoms with Gasteiger partial charge in [-0.05, 0) is 40.0 Å². The van der Waals surface area contributed by atoms with E-state index in [9.17, 15) is 4.79 Å². The molecule has 0 spiro atoms. The van der Waals surface area contributed by atoms with Crippen molar-refractivity contribution in [1.82, 2.24) is 0 Å². The van der Waals surface area contributed by atoms with Crippen LogP contribution in [-0.2, 0) is 4.74 Å². The van der Waals surface area contributed by atoms with Crippen LogP contribution in [-0.4, -0.2) is 12.6 Å². The van der Waals surface area contributed by atoms with Gasteiger partial charge in [-0.25, -0.2) is 4.79 Å². The van der Waals surface area contributed by atoms with Gasteiger partial charge in [-0.3, -0.25) is 0 Å². The Morgan fingerprint density at radius 3 is 2.80 bits per heavy atom. The highest BCUT2D eigenvalue weighted by Gasteiger charge is 2.12. The van der Waals surface area contributed by atoms with Gasteiger partial charge in [0.2, 0.25) is 0 Å². The molecule has 0 atom stereocenters. The second-order valence-electron chi connectivity index (χ2n) is 3.66. The van der Waals surface area contributed by atoms with Crippen LogP contribution < -0.4 is 0 Å². The second-order valence-corrected chi connectivity index (χ2v) is 5.03. The highest BCUT2D eigenvalue weighted by Crippen LogP contribution is 2.21. The molecule has 0 heterocycles. The monoisotopic (exact) mass is 288 g/mol. The van der Waals surface area contributed by atoms with E-state index in [1.807, 2.05) is 19.9 Å². The summed E-state index contributed by atoms with van der Waals surface area (Å²) in [5.74, 6) is 0.0263. The van der Waals surface area contributed by atoms with Crippen LogP contribution in [0.15, 0.2) is 27.6 Å². The quantitative estimate of drug-likeness (QED) is 0.680. The maximum atomic E-state index is 11.6. The second kappa shape index (κ2) is 5.56. The number of halogens is 1. The number of carbonyl (C=O) groups excluding carboxylic acids is 1. The summed E-state index contributed by atoms with van der Waals surface area (Å²) in [5.41, 5.74) is 0.517. The lowest BCUT2D eigenvalue weighted by molar-refractivity contribution is 0.0457. The molecular weight excluding hydrogens is 276 g/mol. The number of rotatable bonds is 3. The van der Waals surface area contributed by atoms with Gasteiger partial charge in [0, 0.05) is 9.37 Å². The fourth-order valence-electron chi connectivity index (χ4n) is 0.990. The van der Waals surface area contributed by atoms with Gasteiger partial charge in [-0.15, -0.1) is 12.6 Å². The Labute approximate surface area is 104 Å². The van der Waals surface area contributed by atoms with Crippen LogP contribution in [0.2, 0.25) is 0 Å². The number of benzene rings is 1. The normalized spacial score (nSPS) is 10.5. The summed E-state index contributed by atoms with van der Waals surface area (Å²) in [7, 11) is 0. The minimum Gasteiger partial charge on any atom is -0.462 e. The van der Waals surface area contributed by atoms with E-state index in [1.165, 1.54) is 0 Å². The van der Waals surface area contributed by atoms with E-state index in [4.69, 9.17) is 4.74 Å². The predicted molar refractivity (Wildman–Crippen MR) is 66.5 cm³/mol. The first-order chi connectivity index (χ1) is 7.00. The highest BCUT2D eigenvalue weighted by molar-refractivity contribution is 9.10. The lowest BCUT2D eigenvalue weighted by Gasteiger charge is -2.08. The summed E-state index contributed by atoms with van der Waals surface area (Å²) in [6, 6.07) is 5.29. The zero-order valence-electron chi connectivity index (χ0n) is 8.66. The number of thiol groups is 1. The third-order valence-electron chi connectivity index (χ3n) is 1.72. The summed E-state index contributed by atoms with van der Waals surface area (Å²) < 4.78 is 5.85. The maximum Gasteiger partial charge on any atom is 0.339 e. The number of hydrogen-bond acceptors (Lipinski definition) is 3. The standard InChI is InChI=1S/C11H13BrO2S/c1-7(2)6-14-11(13)9-5-8(15)3-4-10(9)12/h3-5,7,15H,6H2,1-2H3. The molecule has 0 fully saturated rings. The van der Waals surface area contributed by atoms with Gasteiger partial charge in [0.25, 0.3) is 0 Å². The van der Waals surface area contributed by atoms with Crippen molar-refractivity contribution >= 4 is 34.5 Å². The van der Waals surface area contributed by atoms with Gasteiger partial charge < -0.3 is 4.74 Å². The molecule has 0 bridgehead atoms. The molecule has 4 heteroatoms. The Balaban J connectivity index is 2.77. The number of esters is 1. The summed E-state index contributed by atoms with van der Waals surface area (Å²) in [6.45, 7) is 4.43. The van der Waals surface area contributed by atoms with Gasteiger partial charge >= 0.3 is 5.97 Å². The Morgan fingerprint density at radius 2 is 2.20 bits per heavy atom. The van der Waals surface area contributed by atoms with E-state index >= 15 is 0 Å². The Bertz CT molecular complexity index is 364. The molecule has 15 heavy (non-hydrogen) atoms. The molecular formula is C11H13BrO2S. The van der Waals surface area contributed by atoms with E-state index in [-0.39, 0.29) is 5.97 Å². The van der Waals surface area contributed by atoms with Crippen molar-refractivity contribution in [2.24, 2.45) is 5.92 Å². The minimum absolute atomic E-state index is 0.313. The molecule has 0 aliphatic heterocycles. The molecule has 1 aromatic rings. The molecule has 2 nitrogen and oxygen atoms in total. The molecule has 1 aromatic carbocycles. The number of hydrogen-bond donors (Lipinski definition) is 1. The Hall–Kier alpha value is -0.480. The van der Waals surface area contributed by atoms with Crippen molar-refractivity contribution in [3.8, 4) is 0 Å². The lowest BCUT2D eigenvalue weighted by atomic mass is 10.2. The third kappa shape index (κ3) is 3.87. The summed E-state index contributed by atoms with van der Waals surface area (Å²) in [4.78, 5) is 12.4. The zero-order valence-corrected chi connectivity index (χ0v) is 11.1. The van der Waals surface area contributed by atoms with Crippen molar-refractivity contribution in [2.75, 3.05) is 6.61 Å². The largest absolute Gasteiger partial charge is 0.462 e. The first-order valence-electron chi connectivity index (χ1n) is 4.66. The van der Waals surface area contributed by atoms with E-state index in [0.717, 1.165) is 9.37 Å². The Morgan fingerprint density at radius 1 is 1.53 bits per heavy atom. The van der Waals surface area contributed by atoms with Gasteiger partial charge in [-0.1, -0.05) is 13.8 Å². The van der Waals surface area contributed by atoms with Crippen LogP contribution in [0, 0.1) is 5.92 Å². The summed E-state index contributed by atoms with van der Waals surface area (Å²) in [5, 5.41) is 0. The van der Waals surface area contributed by atoms with Crippen LogP contribution in [0.3, 0.4) is 0 Å². The fraction of sp³-hybridized carbons (Fsp3) is 0.364. The van der Waals surface area contributed by atoms with Crippen LogP contribution in [0.5, 0.6) is 0 Å². The number of carbonyl (C=O) groups is 1. The molecule has 0 radical (unpaired) electrons. The molecule has 82 valence electrons. The van der Waals surface area contributed by atoms with Crippen LogP contribution in [0.25, 0.3) is 0 Å². The van der Waals surface area contributed by atoms with Gasteiger partial charge in [0.05, 0.1) is 12.2 Å². The molecule has 0 saturated heterocycles. The molecule has 0 amide bonds. The van der Waals surface area contributed by atoms with E-state index in [2.05, 4.69) is 28.6 Å².